The molecule has 0 aliphatic rings. The second-order valence-corrected chi connectivity index (χ2v) is 4.37. The van der Waals surface area contributed by atoms with Crippen molar-refractivity contribution < 1.29 is 14.3 Å². The minimum absolute atomic E-state index is 0.335. The molecule has 2 aromatic heterocycles. The Morgan fingerprint density at radius 3 is 2.76 bits per heavy atom. The van der Waals surface area contributed by atoms with E-state index < -0.39 is 0 Å². The van der Waals surface area contributed by atoms with Crippen molar-refractivity contribution in [1.29, 1.82) is 0 Å². The smallest absolute Gasteiger partial charge is 0.356 e. The van der Waals surface area contributed by atoms with E-state index in [2.05, 4.69) is 4.98 Å². The van der Waals surface area contributed by atoms with E-state index >= 15 is 0 Å². The predicted molar refractivity (Wildman–Crippen MR) is 77.7 cm³/mol. The first kappa shape index (κ1) is 13.2. The van der Waals surface area contributed by atoms with Gasteiger partial charge < -0.3 is 9.47 Å². The number of carbonyl (C=O) groups is 1. The number of hydrogen-bond donors (Lipinski definition) is 0. The number of imidazole rings is 1. The highest BCUT2D eigenvalue weighted by molar-refractivity contribution is 5.88. The lowest BCUT2D eigenvalue weighted by Crippen LogP contribution is -2.07. The van der Waals surface area contributed by atoms with Crippen LogP contribution in [0.25, 0.3) is 5.65 Å². The average molecular weight is 282 g/mol. The molecule has 1 aromatic carbocycles. The molecule has 0 atom stereocenters. The molecule has 5 heteroatoms. The highest BCUT2D eigenvalue weighted by atomic mass is 16.5. The van der Waals surface area contributed by atoms with Crippen molar-refractivity contribution in [3.8, 4) is 11.5 Å². The molecule has 0 fully saturated rings. The Kier molecular flexibility index (Phi) is 3.55. The van der Waals surface area contributed by atoms with E-state index in [9.17, 15) is 4.79 Å². The molecule has 0 unspecified atom stereocenters. The van der Waals surface area contributed by atoms with Gasteiger partial charge in [0.15, 0.2) is 5.69 Å². The topological polar surface area (TPSA) is 52.8 Å². The molecular formula is C16H14N2O3. The first-order chi connectivity index (χ1) is 10.3. The Hall–Kier alpha value is -2.82. The molecule has 0 bridgehead atoms. The zero-order valence-electron chi connectivity index (χ0n) is 11.5. The Labute approximate surface area is 121 Å². The summed E-state index contributed by atoms with van der Waals surface area (Å²) in [5.41, 5.74) is 1.03. The largest absolute Gasteiger partial charge is 0.461 e. The van der Waals surface area contributed by atoms with Gasteiger partial charge in [0.2, 0.25) is 0 Å². The van der Waals surface area contributed by atoms with Crippen LogP contribution in [0.1, 0.15) is 17.4 Å². The maximum Gasteiger partial charge on any atom is 0.356 e. The number of hydrogen-bond acceptors (Lipinski definition) is 4. The summed E-state index contributed by atoms with van der Waals surface area (Å²) in [6, 6.07) is 13.0. The van der Waals surface area contributed by atoms with Crippen molar-refractivity contribution in [2.24, 2.45) is 0 Å². The molecule has 21 heavy (non-hydrogen) atoms. The fourth-order valence-corrected chi connectivity index (χ4v) is 2.01. The van der Waals surface area contributed by atoms with Crippen molar-refractivity contribution in [1.82, 2.24) is 9.38 Å². The van der Waals surface area contributed by atoms with Gasteiger partial charge in [-0.3, -0.25) is 4.40 Å². The summed E-state index contributed by atoms with van der Waals surface area (Å²) < 4.78 is 12.4. The van der Waals surface area contributed by atoms with Crippen LogP contribution < -0.4 is 4.74 Å². The van der Waals surface area contributed by atoms with Crippen molar-refractivity contribution in [2.75, 3.05) is 6.61 Å². The molecule has 0 saturated heterocycles. The van der Waals surface area contributed by atoms with Crippen molar-refractivity contribution in [2.45, 2.75) is 6.92 Å². The fraction of sp³-hybridized carbons (Fsp3) is 0.125. The number of carbonyl (C=O) groups excluding carboxylic acids is 1. The molecule has 106 valence electrons. The summed E-state index contributed by atoms with van der Waals surface area (Å²) in [6.45, 7) is 2.11. The van der Waals surface area contributed by atoms with Gasteiger partial charge in [0.25, 0.3) is 0 Å². The molecule has 0 aliphatic carbocycles. The van der Waals surface area contributed by atoms with Gasteiger partial charge in [-0.1, -0.05) is 18.2 Å². The van der Waals surface area contributed by atoms with Gasteiger partial charge in [0.1, 0.15) is 17.1 Å². The molecule has 0 saturated carbocycles. The van der Waals surface area contributed by atoms with Crippen molar-refractivity contribution in [3.63, 3.8) is 0 Å². The summed E-state index contributed by atoms with van der Waals surface area (Å²) in [4.78, 5) is 16.0. The highest BCUT2D eigenvalue weighted by Gasteiger charge is 2.13. The second-order valence-electron chi connectivity index (χ2n) is 4.37. The molecule has 0 amide bonds. The monoisotopic (exact) mass is 282 g/mol. The molecule has 5 nitrogen and oxygen atoms in total. The summed E-state index contributed by atoms with van der Waals surface area (Å²) >= 11 is 0. The number of ether oxygens (including phenoxy) is 2. The van der Waals surface area contributed by atoms with Crippen LogP contribution in [-0.2, 0) is 4.74 Å². The van der Waals surface area contributed by atoms with E-state index in [0.717, 1.165) is 5.75 Å². The number of esters is 1. The third-order valence-electron chi connectivity index (χ3n) is 2.95. The normalized spacial score (nSPS) is 10.5. The second kappa shape index (κ2) is 5.66. The number of benzene rings is 1. The van der Waals surface area contributed by atoms with Gasteiger partial charge in [-0.15, -0.1) is 0 Å². The van der Waals surface area contributed by atoms with E-state index in [1.807, 2.05) is 30.3 Å². The van der Waals surface area contributed by atoms with Gasteiger partial charge in [-0.2, -0.15) is 0 Å². The molecule has 3 aromatic rings. The van der Waals surface area contributed by atoms with Crippen LogP contribution in [0.4, 0.5) is 0 Å². The molecule has 2 heterocycles. The maximum absolute atomic E-state index is 11.8. The average Bonchev–Trinajstić information content (AvgIpc) is 2.92. The van der Waals surface area contributed by atoms with Gasteiger partial charge in [-0.05, 0) is 25.1 Å². The van der Waals surface area contributed by atoms with Crippen LogP contribution in [0, 0.1) is 0 Å². The fourth-order valence-electron chi connectivity index (χ4n) is 2.01. The lowest BCUT2D eigenvalue weighted by atomic mass is 10.3. The molecular weight excluding hydrogens is 268 g/mol. The number of aromatic nitrogens is 2. The number of nitrogens with zero attached hydrogens (tertiary/aromatic N) is 2. The highest BCUT2D eigenvalue weighted by Crippen LogP contribution is 2.22. The van der Waals surface area contributed by atoms with Crippen LogP contribution in [0.2, 0.25) is 0 Å². The zero-order valence-corrected chi connectivity index (χ0v) is 11.5. The van der Waals surface area contributed by atoms with E-state index in [-0.39, 0.29) is 5.97 Å². The minimum Gasteiger partial charge on any atom is -0.461 e. The lowest BCUT2D eigenvalue weighted by Gasteiger charge is -2.06. The number of fused-ring (bicyclic) bond motifs is 1. The zero-order chi connectivity index (χ0) is 14.7. The number of pyridine rings is 1. The summed E-state index contributed by atoms with van der Waals surface area (Å²) in [5, 5.41) is 0. The van der Waals surface area contributed by atoms with Crippen molar-refractivity contribution >= 4 is 11.6 Å². The standard InChI is InChI=1S/C16H14N2O3/c1-2-20-16(19)14-11-17-15-10-13(8-9-18(14)15)21-12-6-4-3-5-7-12/h3-11H,2H2,1H3. The van der Waals surface area contributed by atoms with E-state index in [1.165, 1.54) is 6.20 Å². The summed E-state index contributed by atoms with van der Waals surface area (Å²) in [5.74, 6) is 1.02. The van der Waals surface area contributed by atoms with Crippen molar-refractivity contribution in [3.05, 3.63) is 60.6 Å². The maximum atomic E-state index is 11.8. The van der Waals surface area contributed by atoms with Gasteiger partial charge in [0, 0.05) is 12.3 Å². The van der Waals surface area contributed by atoms with E-state index in [0.29, 0.717) is 23.7 Å². The molecule has 0 aliphatic heterocycles. The van der Waals surface area contributed by atoms with Gasteiger partial charge in [-0.25, -0.2) is 9.78 Å². The number of para-hydroxylation sites is 1. The Balaban J connectivity index is 1.90. The quantitative estimate of drug-likeness (QED) is 0.689. The van der Waals surface area contributed by atoms with E-state index in [1.54, 1.807) is 29.7 Å². The van der Waals surface area contributed by atoms with Crippen LogP contribution in [0.3, 0.4) is 0 Å². The van der Waals surface area contributed by atoms with Gasteiger partial charge in [0.05, 0.1) is 12.8 Å². The van der Waals surface area contributed by atoms with Gasteiger partial charge >= 0.3 is 5.97 Å². The summed E-state index contributed by atoms with van der Waals surface area (Å²) in [7, 11) is 0. The minimum atomic E-state index is -0.387. The van der Waals surface area contributed by atoms with Crippen LogP contribution in [0.5, 0.6) is 11.5 Å². The molecule has 0 N–H and O–H groups in total. The number of rotatable bonds is 4. The van der Waals surface area contributed by atoms with E-state index in [4.69, 9.17) is 9.47 Å². The Bertz CT molecular complexity index is 766. The van der Waals surface area contributed by atoms with Crippen LogP contribution in [0.15, 0.2) is 54.9 Å². The molecule has 3 rings (SSSR count). The first-order valence-corrected chi connectivity index (χ1v) is 6.65. The molecule has 0 radical (unpaired) electrons. The lowest BCUT2D eigenvalue weighted by molar-refractivity contribution is 0.0518. The molecule has 0 spiro atoms. The SMILES string of the molecule is CCOC(=O)c1cnc2cc(Oc3ccccc3)ccn12. The van der Waals surface area contributed by atoms with Crippen LogP contribution in [-0.4, -0.2) is 22.0 Å². The predicted octanol–water partition coefficient (Wildman–Crippen LogP) is 3.30. The third-order valence-corrected chi connectivity index (χ3v) is 2.95. The Morgan fingerprint density at radius 1 is 1.19 bits per heavy atom. The third kappa shape index (κ3) is 2.72. The first-order valence-electron chi connectivity index (χ1n) is 6.65. The van der Waals surface area contributed by atoms with Crippen LogP contribution >= 0.6 is 0 Å². The summed E-state index contributed by atoms with van der Waals surface area (Å²) in [6.07, 6.45) is 3.24. The Morgan fingerprint density at radius 2 is 2.00 bits per heavy atom.